The molecule has 23 heavy (non-hydrogen) atoms. The Balaban J connectivity index is 2.02. The van der Waals surface area contributed by atoms with E-state index in [1.54, 1.807) is 0 Å². The number of rotatable bonds is 5. The van der Waals surface area contributed by atoms with E-state index >= 15 is 0 Å². The average molecular weight is 338 g/mol. The van der Waals surface area contributed by atoms with Crippen LogP contribution in [0.5, 0.6) is 0 Å². The molecule has 5 nitrogen and oxygen atoms in total. The molecular weight excluding hydrogens is 312 g/mol. The number of sulfonamides is 1. The largest absolute Gasteiger partial charge is 0.341 e. The van der Waals surface area contributed by atoms with Gasteiger partial charge in [-0.3, -0.25) is 4.79 Å². The molecule has 0 radical (unpaired) electrons. The smallest absolute Gasteiger partial charge is 0.237 e. The van der Waals surface area contributed by atoms with Crippen LogP contribution in [0.15, 0.2) is 30.3 Å². The highest BCUT2D eigenvalue weighted by molar-refractivity contribution is 7.88. The molecule has 2 atom stereocenters. The standard InChI is InChI=1S/C17H26N2O3S/c1-4-14-12-19(17(20)13-18(2)23(3,21)22)11-10-16(14)15-8-6-5-7-9-15/h5-9,14,16H,4,10-13H2,1-3H3. The second kappa shape index (κ2) is 7.45. The minimum absolute atomic E-state index is 0.0781. The van der Waals surface area contributed by atoms with Gasteiger partial charge in [0.2, 0.25) is 15.9 Å². The summed E-state index contributed by atoms with van der Waals surface area (Å²) in [5, 5.41) is 0. The summed E-state index contributed by atoms with van der Waals surface area (Å²) in [6.07, 6.45) is 3.05. The van der Waals surface area contributed by atoms with Gasteiger partial charge >= 0.3 is 0 Å². The maximum Gasteiger partial charge on any atom is 0.237 e. The fourth-order valence-corrected chi connectivity index (χ4v) is 3.56. The van der Waals surface area contributed by atoms with Crippen molar-refractivity contribution in [2.45, 2.75) is 25.7 Å². The number of piperidine rings is 1. The van der Waals surface area contributed by atoms with Crippen molar-refractivity contribution in [2.75, 3.05) is 32.9 Å². The number of nitrogens with zero attached hydrogens (tertiary/aromatic N) is 2. The lowest BCUT2D eigenvalue weighted by atomic mass is 9.79. The molecule has 6 heteroatoms. The van der Waals surface area contributed by atoms with E-state index in [4.69, 9.17) is 0 Å². The van der Waals surface area contributed by atoms with Gasteiger partial charge in [-0.05, 0) is 23.8 Å². The Labute approximate surface area is 139 Å². The molecule has 1 aromatic rings. The average Bonchev–Trinajstić information content (AvgIpc) is 2.54. The van der Waals surface area contributed by atoms with Gasteiger partial charge in [-0.15, -0.1) is 0 Å². The van der Waals surface area contributed by atoms with Gasteiger partial charge in [0.15, 0.2) is 0 Å². The molecule has 2 unspecified atom stereocenters. The minimum atomic E-state index is -3.32. The molecule has 0 bridgehead atoms. The summed E-state index contributed by atoms with van der Waals surface area (Å²) in [6.45, 7) is 3.46. The van der Waals surface area contributed by atoms with Crippen molar-refractivity contribution in [1.29, 1.82) is 0 Å². The molecule has 1 aliphatic heterocycles. The van der Waals surface area contributed by atoms with Crippen LogP contribution in [0.25, 0.3) is 0 Å². The lowest BCUT2D eigenvalue weighted by Gasteiger charge is -2.39. The molecule has 0 N–H and O–H groups in total. The van der Waals surface area contributed by atoms with E-state index < -0.39 is 10.0 Å². The normalized spacial score (nSPS) is 22.3. The van der Waals surface area contributed by atoms with Crippen LogP contribution in [0.4, 0.5) is 0 Å². The first-order valence-electron chi connectivity index (χ1n) is 8.07. The number of benzene rings is 1. The number of hydrogen-bond acceptors (Lipinski definition) is 3. The topological polar surface area (TPSA) is 57.7 Å². The predicted molar refractivity (Wildman–Crippen MR) is 91.6 cm³/mol. The third-order valence-electron chi connectivity index (χ3n) is 4.76. The number of hydrogen-bond donors (Lipinski definition) is 0. The van der Waals surface area contributed by atoms with Crippen molar-refractivity contribution >= 4 is 15.9 Å². The Bertz CT molecular complexity index is 630. The lowest BCUT2D eigenvalue weighted by Crippen LogP contribution is -2.47. The SMILES string of the molecule is CCC1CN(C(=O)CN(C)S(C)(=O)=O)CCC1c1ccccc1. The van der Waals surface area contributed by atoms with E-state index in [9.17, 15) is 13.2 Å². The second-order valence-corrected chi connectivity index (χ2v) is 8.42. The number of carbonyl (C=O) groups excluding carboxylic acids is 1. The molecule has 0 spiro atoms. The van der Waals surface area contributed by atoms with Crippen LogP contribution in [0.3, 0.4) is 0 Å². The van der Waals surface area contributed by atoms with Crippen LogP contribution in [0.2, 0.25) is 0 Å². The van der Waals surface area contributed by atoms with Crippen molar-refractivity contribution in [2.24, 2.45) is 5.92 Å². The number of carbonyl (C=O) groups is 1. The molecule has 1 fully saturated rings. The van der Waals surface area contributed by atoms with Gasteiger partial charge in [0.25, 0.3) is 0 Å². The fourth-order valence-electron chi connectivity index (χ4n) is 3.22. The summed E-state index contributed by atoms with van der Waals surface area (Å²) in [4.78, 5) is 14.2. The first kappa shape index (κ1) is 17.9. The first-order valence-corrected chi connectivity index (χ1v) is 9.91. The molecule has 1 aliphatic rings. The molecule has 128 valence electrons. The molecule has 0 aromatic heterocycles. The van der Waals surface area contributed by atoms with Crippen molar-refractivity contribution in [1.82, 2.24) is 9.21 Å². The van der Waals surface area contributed by atoms with Crippen LogP contribution < -0.4 is 0 Å². The fraction of sp³-hybridized carbons (Fsp3) is 0.588. The number of likely N-dealkylation sites (tertiary alicyclic amines) is 1. The zero-order valence-electron chi connectivity index (χ0n) is 14.1. The van der Waals surface area contributed by atoms with Gasteiger partial charge < -0.3 is 4.90 Å². The first-order chi connectivity index (χ1) is 10.8. The third kappa shape index (κ3) is 4.54. The summed E-state index contributed by atoms with van der Waals surface area (Å²) in [5.41, 5.74) is 1.33. The van der Waals surface area contributed by atoms with E-state index in [0.29, 0.717) is 24.9 Å². The molecule has 0 saturated carbocycles. The van der Waals surface area contributed by atoms with Crippen molar-refractivity contribution in [3.63, 3.8) is 0 Å². The maximum atomic E-state index is 12.4. The van der Waals surface area contributed by atoms with E-state index in [1.807, 2.05) is 11.0 Å². The Morgan fingerprint density at radius 1 is 1.30 bits per heavy atom. The van der Waals surface area contributed by atoms with Gasteiger partial charge in [0.1, 0.15) is 0 Å². The van der Waals surface area contributed by atoms with Crippen LogP contribution in [0.1, 0.15) is 31.2 Å². The Hall–Kier alpha value is -1.40. The molecule has 1 saturated heterocycles. The highest BCUT2D eigenvalue weighted by atomic mass is 32.2. The van der Waals surface area contributed by atoms with Crippen LogP contribution >= 0.6 is 0 Å². The Kier molecular flexibility index (Phi) is 5.81. The monoisotopic (exact) mass is 338 g/mol. The quantitative estimate of drug-likeness (QED) is 0.824. The van der Waals surface area contributed by atoms with Gasteiger partial charge in [0.05, 0.1) is 12.8 Å². The lowest BCUT2D eigenvalue weighted by molar-refractivity contribution is -0.133. The van der Waals surface area contributed by atoms with Gasteiger partial charge in [-0.2, -0.15) is 4.31 Å². The summed E-state index contributed by atoms with van der Waals surface area (Å²) < 4.78 is 24.0. The molecule has 2 rings (SSSR count). The zero-order chi connectivity index (χ0) is 17.0. The third-order valence-corrected chi connectivity index (χ3v) is 6.02. The van der Waals surface area contributed by atoms with E-state index in [0.717, 1.165) is 23.4 Å². The highest BCUT2D eigenvalue weighted by Crippen LogP contribution is 2.34. The zero-order valence-corrected chi connectivity index (χ0v) is 14.9. The molecule has 0 aliphatic carbocycles. The Morgan fingerprint density at radius 3 is 2.52 bits per heavy atom. The molecule has 1 aromatic carbocycles. The van der Waals surface area contributed by atoms with Crippen LogP contribution in [-0.4, -0.2) is 56.5 Å². The maximum absolute atomic E-state index is 12.4. The molecule has 1 amide bonds. The minimum Gasteiger partial charge on any atom is -0.341 e. The van der Waals surface area contributed by atoms with Gasteiger partial charge in [0, 0.05) is 20.1 Å². The van der Waals surface area contributed by atoms with E-state index in [2.05, 4.69) is 31.2 Å². The van der Waals surface area contributed by atoms with Gasteiger partial charge in [-0.1, -0.05) is 43.7 Å². The molecular formula is C17H26N2O3S. The summed E-state index contributed by atoms with van der Waals surface area (Å²) in [7, 11) is -1.88. The van der Waals surface area contributed by atoms with Crippen LogP contribution in [-0.2, 0) is 14.8 Å². The summed E-state index contributed by atoms with van der Waals surface area (Å²) in [6, 6.07) is 10.4. The van der Waals surface area contributed by atoms with Crippen LogP contribution in [0, 0.1) is 5.92 Å². The summed E-state index contributed by atoms with van der Waals surface area (Å²) >= 11 is 0. The second-order valence-electron chi connectivity index (χ2n) is 6.33. The summed E-state index contributed by atoms with van der Waals surface area (Å²) in [5.74, 6) is 0.777. The van der Waals surface area contributed by atoms with E-state index in [1.165, 1.54) is 12.6 Å². The van der Waals surface area contributed by atoms with Crippen molar-refractivity contribution in [3.8, 4) is 0 Å². The van der Waals surface area contributed by atoms with E-state index in [-0.39, 0.29) is 12.5 Å². The van der Waals surface area contributed by atoms with Crippen molar-refractivity contribution in [3.05, 3.63) is 35.9 Å². The van der Waals surface area contributed by atoms with Gasteiger partial charge in [-0.25, -0.2) is 8.42 Å². The van der Waals surface area contributed by atoms with Crippen molar-refractivity contribution < 1.29 is 13.2 Å². The molecule has 1 heterocycles. The Morgan fingerprint density at radius 2 is 1.96 bits per heavy atom. The predicted octanol–water partition coefficient (Wildman–Crippen LogP) is 1.92. The number of likely N-dealkylation sites (N-methyl/N-ethyl adjacent to an activating group) is 1. The number of amides is 1. The highest BCUT2D eigenvalue weighted by Gasteiger charge is 2.32.